The Labute approximate surface area is 152 Å². The minimum Gasteiger partial charge on any atom is -0.480 e. The number of hydrogen-bond acceptors (Lipinski definition) is 4. The number of carboxylic acid groups (broad SMARTS) is 1. The van der Waals surface area contributed by atoms with Gasteiger partial charge in [-0.3, -0.25) is 4.79 Å². The highest BCUT2D eigenvalue weighted by Gasteiger charge is 2.26. The molecule has 2 radical (unpaired) electrons. The first kappa shape index (κ1) is 18.5. The van der Waals surface area contributed by atoms with E-state index >= 15 is 0 Å². The highest BCUT2D eigenvalue weighted by atomic mass is 32.2. The summed E-state index contributed by atoms with van der Waals surface area (Å²) < 4.78 is 33.3. The molecule has 0 saturated heterocycles. The van der Waals surface area contributed by atoms with Crippen molar-refractivity contribution in [3.63, 3.8) is 0 Å². The standard InChI is InChI=1S/C18H18BNO5S/c1-10(2)7-15(18(21)22)20-26(23,24)12-4-6-16-14(9-12)13-5-3-11(19)8-17(13)25-16/h3-6,8-10,15,20H,7H2,1-2H3,(H,21,22)/t15-/m0/s1. The number of rotatable bonds is 6. The van der Waals surface area contributed by atoms with Crippen molar-refractivity contribution in [2.45, 2.75) is 31.2 Å². The summed E-state index contributed by atoms with van der Waals surface area (Å²) >= 11 is 0. The molecule has 0 aliphatic rings. The molecule has 2 aromatic carbocycles. The molecule has 1 aromatic heterocycles. The Bertz CT molecular complexity index is 1090. The molecule has 0 fully saturated rings. The van der Waals surface area contributed by atoms with Crippen LogP contribution in [0.5, 0.6) is 0 Å². The maximum atomic E-state index is 12.7. The first-order chi connectivity index (χ1) is 12.2. The summed E-state index contributed by atoms with van der Waals surface area (Å²) in [6.45, 7) is 3.67. The van der Waals surface area contributed by atoms with Crippen LogP contribution in [0, 0.1) is 5.92 Å². The van der Waals surface area contributed by atoms with E-state index in [0.717, 1.165) is 5.39 Å². The SMILES string of the molecule is [B]c1ccc2c(c1)oc1ccc(S(=O)(=O)N[C@@H](CC(C)C)C(=O)O)cc12. The maximum Gasteiger partial charge on any atom is 0.321 e. The van der Waals surface area contributed by atoms with Gasteiger partial charge < -0.3 is 9.52 Å². The second kappa shape index (κ2) is 6.77. The van der Waals surface area contributed by atoms with Crippen LogP contribution in [0.1, 0.15) is 20.3 Å². The van der Waals surface area contributed by atoms with Crippen LogP contribution in [0.2, 0.25) is 0 Å². The molecule has 1 heterocycles. The molecule has 0 aliphatic heterocycles. The van der Waals surface area contributed by atoms with Crippen molar-refractivity contribution in [1.82, 2.24) is 4.72 Å². The first-order valence-electron chi connectivity index (χ1n) is 8.14. The number of hydrogen-bond donors (Lipinski definition) is 2. The molecule has 8 heteroatoms. The maximum absolute atomic E-state index is 12.7. The zero-order valence-electron chi connectivity index (χ0n) is 14.4. The highest BCUT2D eigenvalue weighted by molar-refractivity contribution is 7.89. The van der Waals surface area contributed by atoms with Crippen molar-refractivity contribution in [1.29, 1.82) is 0 Å². The summed E-state index contributed by atoms with van der Waals surface area (Å²) in [5, 5.41) is 10.6. The normalized spacial score (nSPS) is 13.5. The molecular weight excluding hydrogens is 353 g/mol. The Morgan fingerprint density at radius 3 is 2.54 bits per heavy atom. The number of nitrogens with one attached hydrogen (secondary N) is 1. The predicted molar refractivity (Wildman–Crippen MR) is 100 cm³/mol. The van der Waals surface area contributed by atoms with E-state index in [4.69, 9.17) is 12.3 Å². The van der Waals surface area contributed by atoms with Crippen molar-refractivity contribution in [3.05, 3.63) is 36.4 Å². The van der Waals surface area contributed by atoms with E-state index in [9.17, 15) is 18.3 Å². The van der Waals surface area contributed by atoms with Crippen LogP contribution in [0.3, 0.4) is 0 Å². The van der Waals surface area contributed by atoms with Crippen molar-refractivity contribution >= 4 is 51.2 Å². The molecule has 26 heavy (non-hydrogen) atoms. The second-order valence-corrected chi connectivity index (χ2v) is 8.37. The van der Waals surface area contributed by atoms with Gasteiger partial charge in [-0.05, 0) is 36.6 Å². The zero-order valence-corrected chi connectivity index (χ0v) is 15.2. The van der Waals surface area contributed by atoms with Gasteiger partial charge in [0.1, 0.15) is 25.1 Å². The van der Waals surface area contributed by atoms with Crippen LogP contribution >= 0.6 is 0 Å². The van der Waals surface area contributed by atoms with Crippen LogP contribution < -0.4 is 10.2 Å². The van der Waals surface area contributed by atoms with Crippen LogP contribution in [-0.2, 0) is 14.8 Å². The molecule has 3 rings (SSSR count). The Morgan fingerprint density at radius 1 is 1.15 bits per heavy atom. The van der Waals surface area contributed by atoms with Gasteiger partial charge in [0, 0.05) is 10.8 Å². The third-order valence-corrected chi connectivity index (χ3v) is 5.55. The van der Waals surface area contributed by atoms with E-state index in [-0.39, 0.29) is 17.2 Å². The van der Waals surface area contributed by atoms with Gasteiger partial charge >= 0.3 is 5.97 Å². The van der Waals surface area contributed by atoms with Crippen LogP contribution in [0.4, 0.5) is 0 Å². The summed E-state index contributed by atoms with van der Waals surface area (Å²) in [6, 6.07) is 8.39. The van der Waals surface area contributed by atoms with Gasteiger partial charge in [0.2, 0.25) is 10.0 Å². The zero-order chi connectivity index (χ0) is 19.1. The molecule has 0 bridgehead atoms. The summed E-state index contributed by atoms with van der Waals surface area (Å²) in [4.78, 5) is 11.4. The first-order valence-corrected chi connectivity index (χ1v) is 9.62. The number of furan rings is 1. The van der Waals surface area contributed by atoms with Crippen molar-refractivity contribution < 1.29 is 22.7 Å². The van der Waals surface area contributed by atoms with Crippen LogP contribution in [0.15, 0.2) is 45.7 Å². The topological polar surface area (TPSA) is 96.6 Å². The van der Waals surface area contributed by atoms with Gasteiger partial charge in [-0.25, -0.2) is 8.42 Å². The summed E-state index contributed by atoms with van der Waals surface area (Å²) in [5.41, 5.74) is 1.64. The molecule has 3 aromatic rings. The molecule has 2 N–H and O–H groups in total. The number of carboxylic acids is 1. The quantitative estimate of drug-likeness (QED) is 0.648. The third kappa shape index (κ3) is 3.61. The molecule has 0 amide bonds. The molecule has 1 atom stereocenters. The van der Waals surface area contributed by atoms with E-state index in [2.05, 4.69) is 4.72 Å². The molecule has 0 unspecified atom stereocenters. The van der Waals surface area contributed by atoms with Crippen molar-refractivity contribution in [3.8, 4) is 0 Å². The molecule has 0 aliphatic carbocycles. The molecule has 0 spiro atoms. The summed E-state index contributed by atoms with van der Waals surface area (Å²) in [5.74, 6) is -1.17. The van der Waals surface area contributed by atoms with E-state index < -0.39 is 22.0 Å². The Balaban J connectivity index is 2.03. The number of aliphatic carboxylic acids is 1. The summed E-state index contributed by atoms with van der Waals surface area (Å²) in [6.07, 6.45) is 0.199. The Morgan fingerprint density at radius 2 is 1.88 bits per heavy atom. The number of sulfonamides is 1. The van der Waals surface area contributed by atoms with E-state index in [0.29, 0.717) is 22.0 Å². The van der Waals surface area contributed by atoms with Gasteiger partial charge in [-0.2, -0.15) is 4.72 Å². The fourth-order valence-electron chi connectivity index (χ4n) is 2.87. The van der Waals surface area contributed by atoms with Gasteiger partial charge in [0.15, 0.2) is 0 Å². The third-order valence-electron chi connectivity index (χ3n) is 4.08. The highest BCUT2D eigenvalue weighted by Crippen LogP contribution is 2.30. The predicted octanol–water partition coefficient (Wildman–Crippen LogP) is 2.16. The molecular formula is C18H18BNO5S. The van der Waals surface area contributed by atoms with Crippen LogP contribution in [-0.4, -0.2) is 33.4 Å². The average Bonchev–Trinajstić information content (AvgIpc) is 2.89. The lowest BCUT2D eigenvalue weighted by Gasteiger charge is -2.16. The fourth-order valence-corrected chi connectivity index (χ4v) is 4.09. The molecule has 6 nitrogen and oxygen atoms in total. The minimum atomic E-state index is -3.99. The van der Waals surface area contributed by atoms with Gasteiger partial charge in [-0.1, -0.05) is 31.4 Å². The van der Waals surface area contributed by atoms with Crippen LogP contribution in [0.25, 0.3) is 21.9 Å². The lowest BCUT2D eigenvalue weighted by molar-refractivity contribution is -0.139. The molecule has 134 valence electrons. The Kier molecular flexibility index (Phi) is 4.81. The monoisotopic (exact) mass is 371 g/mol. The molecule has 0 saturated carbocycles. The fraction of sp³-hybridized carbons (Fsp3) is 0.278. The summed E-state index contributed by atoms with van der Waals surface area (Å²) in [7, 11) is 1.75. The smallest absolute Gasteiger partial charge is 0.321 e. The lowest BCUT2D eigenvalue weighted by Crippen LogP contribution is -2.41. The van der Waals surface area contributed by atoms with E-state index in [1.54, 1.807) is 24.3 Å². The number of carbonyl (C=O) groups is 1. The average molecular weight is 371 g/mol. The van der Waals surface area contributed by atoms with Crippen molar-refractivity contribution in [2.75, 3.05) is 0 Å². The number of fused-ring (bicyclic) bond motifs is 3. The minimum absolute atomic E-state index is 0.0143. The second-order valence-electron chi connectivity index (χ2n) is 6.66. The van der Waals surface area contributed by atoms with E-state index in [1.165, 1.54) is 12.1 Å². The van der Waals surface area contributed by atoms with Gasteiger partial charge in [-0.15, -0.1) is 0 Å². The largest absolute Gasteiger partial charge is 0.480 e. The van der Waals surface area contributed by atoms with Crippen molar-refractivity contribution in [2.24, 2.45) is 5.92 Å². The lowest BCUT2D eigenvalue weighted by atomic mass is 9.95. The van der Waals surface area contributed by atoms with Gasteiger partial charge in [0.25, 0.3) is 0 Å². The Hall–Kier alpha value is -2.32. The van der Waals surface area contributed by atoms with Gasteiger partial charge in [0.05, 0.1) is 4.90 Å². The van der Waals surface area contributed by atoms with E-state index in [1.807, 2.05) is 13.8 Å². The number of benzene rings is 2.